The second kappa shape index (κ2) is 6.53. The molecule has 1 saturated heterocycles. The van der Waals surface area contributed by atoms with Gasteiger partial charge in [0.25, 0.3) is 0 Å². The van der Waals surface area contributed by atoms with Gasteiger partial charge in [-0.3, -0.25) is 4.90 Å². The summed E-state index contributed by atoms with van der Waals surface area (Å²) < 4.78 is 2.13. The summed E-state index contributed by atoms with van der Waals surface area (Å²) in [5, 5.41) is 3.62. The van der Waals surface area contributed by atoms with E-state index in [0.29, 0.717) is 12.1 Å². The van der Waals surface area contributed by atoms with Crippen LogP contribution in [0.1, 0.15) is 33.0 Å². The number of nitrogens with one attached hydrogen (secondary N) is 1. The molecule has 4 heteroatoms. The molecule has 2 heterocycles. The molecule has 0 spiro atoms. The normalized spacial score (nSPS) is 26.5. The first-order chi connectivity index (χ1) is 9.11. The lowest BCUT2D eigenvalue weighted by atomic mass is 9.94. The van der Waals surface area contributed by atoms with Gasteiger partial charge in [0.1, 0.15) is 5.82 Å². The van der Waals surface area contributed by atoms with Crippen molar-refractivity contribution in [2.45, 2.75) is 45.7 Å². The van der Waals surface area contributed by atoms with E-state index < -0.39 is 0 Å². The van der Waals surface area contributed by atoms with E-state index in [2.05, 4.69) is 47.6 Å². The Morgan fingerprint density at radius 2 is 2.32 bits per heavy atom. The van der Waals surface area contributed by atoms with Crippen molar-refractivity contribution in [1.82, 2.24) is 19.8 Å². The largest absolute Gasteiger partial charge is 0.338 e. The van der Waals surface area contributed by atoms with Gasteiger partial charge in [0.05, 0.1) is 0 Å². The summed E-state index contributed by atoms with van der Waals surface area (Å²) in [4.78, 5) is 7.09. The molecule has 1 N–H and O–H groups in total. The quantitative estimate of drug-likeness (QED) is 0.878. The fourth-order valence-corrected chi connectivity index (χ4v) is 2.97. The predicted octanol–water partition coefficient (Wildman–Crippen LogP) is 1.67. The first-order valence-electron chi connectivity index (χ1n) is 7.55. The molecule has 108 valence electrons. The van der Waals surface area contributed by atoms with Crippen LogP contribution in [0.5, 0.6) is 0 Å². The van der Waals surface area contributed by atoms with Gasteiger partial charge in [0.15, 0.2) is 0 Å². The number of rotatable bonds is 5. The highest BCUT2D eigenvalue weighted by Gasteiger charge is 2.28. The van der Waals surface area contributed by atoms with Crippen molar-refractivity contribution < 1.29 is 0 Å². The van der Waals surface area contributed by atoms with Crippen LogP contribution in [0.25, 0.3) is 0 Å². The summed E-state index contributed by atoms with van der Waals surface area (Å²) in [6.45, 7) is 10.3. The molecule has 1 aromatic heterocycles. The second-order valence-corrected chi connectivity index (χ2v) is 5.96. The lowest BCUT2D eigenvalue weighted by Gasteiger charge is -2.42. The number of nitrogens with zero attached hydrogens (tertiary/aromatic N) is 3. The molecule has 0 aliphatic carbocycles. The van der Waals surface area contributed by atoms with Gasteiger partial charge < -0.3 is 9.88 Å². The summed E-state index contributed by atoms with van der Waals surface area (Å²) >= 11 is 0. The zero-order chi connectivity index (χ0) is 13.8. The number of aryl methyl sites for hydroxylation is 1. The molecular weight excluding hydrogens is 236 g/mol. The molecule has 0 saturated carbocycles. The van der Waals surface area contributed by atoms with Crippen LogP contribution in [0.15, 0.2) is 12.4 Å². The Morgan fingerprint density at radius 1 is 1.53 bits per heavy atom. The maximum atomic E-state index is 4.43. The smallest absolute Gasteiger partial charge is 0.109 e. The predicted molar refractivity (Wildman–Crippen MR) is 79.2 cm³/mol. The summed E-state index contributed by atoms with van der Waals surface area (Å²) in [5.41, 5.74) is 0. The van der Waals surface area contributed by atoms with Crippen molar-refractivity contribution in [1.29, 1.82) is 0 Å². The number of hydrogen-bond acceptors (Lipinski definition) is 3. The minimum atomic E-state index is 0.599. The first kappa shape index (κ1) is 14.5. The zero-order valence-corrected chi connectivity index (χ0v) is 12.8. The fourth-order valence-electron chi connectivity index (χ4n) is 2.97. The van der Waals surface area contributed by atoms with E-state index in [1.165, 1.54) is 12.2 Å². The molecule has 3 atom stereocenters. The molecule has 2 rings (SSSR count). The highest BCUT2D eigenvalue weighted by Crippen LogP contribution is 2.18. The van der Waals surface area contributed by atoms with E-state index in [0.717, 1.165) is 32.0 Å². The maximum absolute atomic E-state index is 4.43. The molecule has 19 heavy (non-hydrogen) atoms. The van der Waals surface area contributed by atoms with Crippen molar-refractivity contribution in [3.05, 3.63) is 18.2 Å². The highest BCUT2D eigenvalue weighted by atomic mass is 15.2. The Bertz CT molecular complexity index is 387. The molecule has 1 fully saturated rings. The van der Waals surface area contributed by atoms with Crippen LogP contribution < -0.4 is 5.32 Å². The molecule has 0 radical (unpaired) electrons. The Balaban J connectivity index is 1.96. The molecule has 1 aliphatic rings. The Morgan fingerprint density at radius 3 is 2.95 bits per heavy atom. The van der Waals surface area contributed by atoms with Gasteiger partial charge in [0, 0.05) is 57.6 Å². The number of piperazine rings is 1. The van der Waals surface area contributed by atoms with Gasteiger partial charge in [-0.15, -0.1) is 0 Å². The lowest BCUT2D eigenvalue weighted by molar-refractivity contribution is 0.0962. The van der Waals surface area contributed by atoms with Gasteiger partial charge in [0.2, 0.25) is 0 Å². The van der Waals surface area contributed by atoms with E-state index in [1.807, 2.05) is 12.4 Å². The fraction of sp³-hybridized carbons (Fsp3) is 0.800. The minimum Gasteiger partial charge on any atom is -0.338 e. The van der Waals surface area contributed by atoms with E-state index in [4.69, 9.17) is 0 Å². The van der Waals surface area contributed by atoms with Crippen LogP contribution in [0.2, 0.25) is 0 Å². The van der Waals surface area contributed by atoms with E-state index in [1.54, 1.807) is 0 Å². The number of hydrogen-bond donors (Lipinski definition) is 1. The van der Waals surface area contributed by atoms with E-state index >= 15 is 0 Å². The van der Waals surface area contributed by atoms with E-state index in [-0.39, 0.29) is 0 Å². The highest BCUT2D eigenvalue weighted by molar-refractivity contribution is 4.94. The van der Waals surface area contributed by atoms with Crippen molar-refractivity contribution in [3.8, 4) is 0 Å². The second-order valence-electron chi connectivity index (χ2n) is 5.96. The van der Waals surface area contributed by atoms with Gasteiger partial charge >= 0.3 is 0 Å². The average molecular weight is 264 g/mol. The molecule has 0 amide bonds. The third kappa shape index (κ3) is 3.57. The molecule has 4 nitrogen and oxygen atoms in total. The summed E-state index contributed by atoms with van der Waals surface area (Å²) in [5.74, 6) is 1.94. The molecule has 3 unspecified atom stereocenters. The van der Waals surface area contributed by atoms with Gasteiger partial charge in [-0.2, -0.15) is 0 Å². The van der Waals surface area contributed by atoms with Crippen LogP contribution in [0.3, 0.4) is 0 Å². The Kier molecular flexibility index (Phi) is 4.99. The number of imidazole rings is 1. The van der Waals surface area contributed by atoms with Crippen molar-refractivity contribution >= 4 is 0 Å². The minimum absolute atomic E-state index is 0.599. The SMILES string of the molecule is CCC(C)C1CNC(C)CN1CCc1nccn1C. The standard InChI is InChI=1S/C15H28N4/c1-5-12(2)14-10-17-13(3)11-19(14)8-6-15-16-7-9-18(15)4/h7,9,12-14,17H,5-6,8,10-11H2,1-4H3. The first-order valence-corrected chi connectivity index (χ1v) is 7.55. The average Bonchev–Trinajstić information content (AvgIpc) is 2.81. The zero-order valence-electron chi connectivity index (χ0n) is 12.8. The molecule has 0 bridgehead atoms. The number of aromatic nitrogens is 2. The Hall–Kier alpha value is -0.870. The van der Waals surface area contributed by atoms with Crippen LogP contribution in [0.4, 0.5) is 0 Å². The van der Waals surface area contributed by atoms with Gasteiger partial charge in [-0.25, -0.2) is 4.98 Å². The van der Waals surface area contributed by atoms with Crippen molar-refractivity contribution in [2.24, 2.45) is 13.0 Å². The van der Waals surface area contributed by atoms with Crippen molar-refractivity contribution in [3.63, 3.8) is 0 Å². The van der Waals surface area contributed by atoms with Crippen LogP contribution >= 0.6 is 0 Å². The molecule has 0 aromatic carbocycles. The maximum Gasteiger partial charge on any atom is 0.109 e. The van der Waals surface area contributed by atoms with Crippen LogP contribution in [0, 0.1) is 5.92 Å². The summed E-state index contributed by atoms with van der Waals surface area (Å²) in [7, 11) is 2.08. The lowest BCUT2D eigenvalue weighted by Crippen LogP contribution is -2.58. The third-order valence-electron chi connectivity index (χ3n) is 4.50. The third-order valence-corrected chi connectivity index (χ3v) is 4.50. The molecular formula is C15H28N4. The molecule has 1 aromatic rings. The van der Waals surface area contributed by atoms with Gasteiger partial charge in [-0.1, -0.05) is 20.3 Å². The Labute approximate surface area is 117 Å². The summed E-state index contributed by atoms with van der Waals surface area (Å²) in [6.07, 6.45) is 6.21. The molecule has 1 aliphatic heterocycles. The van der Waals surface area contributed by atoms with E-state index in [9.17, 15) is 0 Å². The monoisotopic (exact) mass is 264 g/mol. The van der Waals surface area contributed by atoms with Crippen molar-refractivity contribution in [2.75, 3.05) is 19.6 Å². The van der Waals surface area contributed by atoms with Crippen LogP contribution in [-0.4, -0.2) is 46.2 Å². The van der Waals surface area contributed by atoms with Gasteiger partial charge in [-0.05, 0) is 12.8 Å². The van der Waals surface area contributed by atoms with Crippen LogP contribution in [-0.2, 0) is 13.5 Å². The summed E-state index contributed by atoms with van der Waals surface area (Å²) in [6, 6.07) is 1.27. The topological polar surface area (TPSA) is 33.1 Å².